The Morgan fingerprint density at radius 2 is 1.91 bits per heavy atom. The van der Waals surface area contributed by atoms with Gasteiger partial charge in [0.05, 0.1) is 12.3 Å². The van der Waals surface area contributed by atoms with Crippen molar-refractivity contribution in [2.24, 2.45) is 5.92 Å². The first kappa shape index (κ1) is 18.1. The van der Waals surface area contributed by atoms with Crippen molar-refractivity contribution in [3.8, 4) is 0 Å². The van der Waals surface area contributed by atoms with E-state index in [0.717, 1.165) is 29.8 Å². The lowest BCUT2D eigenvalue weighted by molar-refractivity contribution is 0.181. The van der Waals surface area contributed by atoms with Gasteiger partial charge in [-0.2, -0.15) is 0 Å². The number of rotatable bonds is 5. The number of anilines is 1. The van der Waals surface area contributed by atoms with E-state index in [1.165, 1.54) is 25.9 Å². The minimum Gasteiger partial charge on any atom is -0.378 e. The van der Waals surface area contributed by atoms with Crippen LogP contribution in [-0.2, 0) is 16.8 Å². The van der Waals surface area contributed by atoms with E-state index in [-0.39, 0.29) is 5.41 Å². The zero-order valence-electron chi connectivity index (χ0n) is 15.6. The highest BCUT2D eigenvalue weighted by Crippen LogP contribution is 2.24. The van der Waals surface area contributed by atoms with Crippen molar-refractivity contribution >= 4 is 5.82 Å². The molecule has 2 rings (SSSR count). The van der Waals surface area contributed by atoms with Gasteiger partial charge in [-0.15, -0.1) is 0 Å². The maximum Gasteiger partial charge on any atom is 0.136 e. The number of hydrogen-bond donors (Lipinski definition) is 0. The maximum atomic E-state index is 5.28. The zero-order chi connectivity index (χ0) is 17.0. The molecule has 0 saturated carbocycles. The second-order valence-corrected chi connectivity index (χ2v) is 7.85. The first-order chi connectivity index (χ1) is 10.8. The molecule has 0 unspecified atom stereocenters. The van der Waals surface area contributed by atoms with Crippen molar-refractivity contribution in [2.75, 3.05) is 45.7 Å². The fraction of sp³-hybridized carbons (Fsp3) is 0.778. The van der Waals surface area contributed by atoms with Gasteiger partial charge in [0.1, 0.15) is 11.6 Å². The Morgan fingerprint density at radius 1 is 1.26 bits per heavy atom. The van der Waals surface area contributed by atoms with Crippen LogP contribution in [-0.4, -0.2) is 55.7 Å². The number of methoxy groups -OCH3 is 1. The van der Waals surface area contributed by atoms with Crippen LogP contribution >= 0.6 is 0 Å². The van der Waals surface area contributed by atoms with Crippen molar-refractivity contribution in [3.05, 3.63) is 17.6 Å². The summed E-state index contributed by atoms with van der Waals surface area (Å²) in [6.07, 6.45) is 2.53. The van der Waals surface area contributed by atoms with Gasteiger partial charge in [0, 0.05) is 32.2 Å². The first-order valence-electron chi connectivity index (χ1n) is 8.56. The average Bonchev–Trinajstić information content (AvgIpc) is 2.49. The second-order valence-electron chi connectivity index (χ2n) is 7.85. The monoisotopic (exact) mass is 320 g/mol. The summed E-state index contributed by atoms with van der Waals surface area (Å²) in [5.41, 5.74) is 0.894. The molecule has 1 aliphatic heterocycles. The Bertz CT molecular complexity index is 504. The quantitative estimate of drug-likeness (QED) is 0.834. The van der Waals surface area contributed by atoms with Crippen molar-refractivity contribution in [1.29, 1.82) is 0 Å². The van der Waals surface area contributed by atoms with Crippen LogP contribution in [0.3, 0.4) is 0 Å². The summed E-state index contributed by atoms with van der Waals surface area (Å²) in [7, 11) is 6.06. The van der Waals surface area contributed by atoms with E-state index in [4.69, 9.17) is 9.72 Å². The van der Waals surface area contributed by atoms with Gasteiger partial charge in [0.2, 0.25) is 0 Å². The maximum absolute atomic E-state index is 5.28. The van der Waals surface area contributed by atoms with Gasteiger partial charge in [-0.05, 0) is 38.9 Å². The van der Waals surface area contributed by atoms with Crippen LogP contribution in [0.25, 0.3) is 0 Å². The number of nitrogens with zero attached hydrogens (tertiary/aromatic N) is 4. The smallest absolute Gasteiger partial charge is 0.136 e. The minimum absolute atomic E-state index is 0.0626. The number of hydrogen-bond acceptors (Lipinski definition) is 5. The van der Waals surface area contributed by atoms with E-state index < -0.39 is 0 Å². The van der Waals surface area contributed by atoms with Crippen LogP contribution in [0.4, 0.5) is 5.82 Å². The molecule has 5 heteroatoms. The van der Waals surface area contributed by atoms with Gasteiger partial charge in [-0.1, -0.05) is 20.8 Å². The second kappa shape index (κ2) is 7.58. The number of aromatic nitrogens is 2. The molecule has 23 heavy (non-hydrogen) atoms. The summed E-state index contributed by atoms with van der Waals surface area (Å²) in [6, 6.07) is 2.06. The lowest BCUT2D eigenvalue weighted by atomic mass is 9.95. The standard InChI is InChI=1S/C18H32N4O/c1-18(2,3)17-19-15(13-23-6)11-16(20-17)22(5)12-14-7-9-21(4)10-8-14/h11,14H,7-10,12-13H2,1-6H3. The van der Waals surface area contributed by atoms with Gasteiger partial charge in [0.25, 0.3) is 0 Å². The molecule has 1 aliphatic rings. The minimum atomic E-state index is -0.0626. The fourth-order valence-electron chi connectivity index (χ4n) is 2.96. The predicted molar refractivity (Wildman–Crippen MR) is 94.9 cm³/mol. The SMILES string of the molecule is COCc1cc(N(C)CC2CCN(C)CC2)nc(C(C)(C)C)n1. The number of likely N-dealkylation sites (tertiary alicyclic amines) is 1. The van der Waals surface area contributed by atoms with Crippen molar-refractivity contribution in [1.82, 2.24) is 14.9 Å². The summed E-state index contributed by atoms with van der Waals surface area (Å²) < 4.78 is 5.28. The van der Waals surface area contributed by atoms with Crippen LogP contribution < -0.4 is 4.90 Å². The first-order valence-corrected chi connectivity index (χ1v) is 8.56. The molecule has 1 aromatic heterocycles. The number of ether oxygens (including phenoxy) is 1. The lowest BCUT2D eigenvalue weighted by Gasteiger charge is -2.32. The van der Waals surface area contributed by atoms with Gasteiger partial charge in [0.15, 0.2) is 0 Å². The molecule has 0 aliphatic carbocycles. The molecular weight excluding hydrogens is 288 g/mol. The molecule has 0 aromatic carbocycles. The molecule has 0 atom stereocenters. The molecule has 0 spiro atoms. The fourth-order valence-corrected chi connectivity index (χ4v) is 2.96. The van der Waals surface area contributed by atoms with Gasteiger partial charge < -0.3 is 14.5 Å². The Kier molecular flexibility index (Phi) is 5.98. The summed E-state index contributed by atoms with van der Waals surface area (Å²) in [5.74, 6) is 2.64. The Hall–Kier alpha value is -1.20. The molecule has 2 heterocycles. The van der Waals surface area contributed by atoms with Gasteiger partial charge in [-0.25, -0.2) is 9.97 Å². The highest BCUT2D eigenvalue weighted by atomic mass is 16.5. The van der Waals surface area contributed by atoms with Crippen molar-refractivity contribution in [2.45, 2.75) is 45.6 Å². The van der Waals surface area contributed by atoms with Crippen LogP contribution in [0, 0.1) is 5.92 Å². The summed E-state index contributed by atoms with van der Waals surface area (Å²) in [6.45, 7) is 10.4. The lowest BCUT2D eigenvalue weighted by Crippen LogP contribution is -2.36. The van der Waals surface area contributed by atoms with E-state index in [9.17, 15) is 0 Å². The average molecular weight is 320 g/mol. The van der Waals surface area contributed by atoms with E-state index in [1.807, 2.05) is 0 Å². The molecule has 1 fully saturated rings. The van der Waals surface area contributed by atoms with Gasteiger partial charge >= 0.3 is 0 Å². The molecular formula is C18H32N4O. The topological polar surface area (TPSA) is 41.5 Å². The third kappa shape index (κ3) is 5.15. The van der Waals surface area contributed by atoms with E-state index in [2.05, 4.69) is 55.7 Å². The Labute approximate surface area is 141 Å². The van der Waals surface area contributed by atoms with Crippen LogP contribution in [0.1, 0.15) is 45.1 Å². The molecule has 5 nitrogen and oxygen atoms in total. The Morgan fingerprint density at radius 3 is 2.48 bits per heavy atom. The van der Waals surface area contributed by atoms with E-state index >= 15 is 0 Å². The summed E-state index contributed by atoms with van der Waals surface area (Å²) in [4.78, 5) is 14.2. The molecule has 130 valence electrons. The zero-order valence-corrected chi connectivity index (χ0v) is 15.6. The largest absolute Gasteiger partial charge is 0.378 e. The highest BCUT2D eigenvalue weighted by Gasteiger charge is 2.22. The molecule has 1 saturated heterocycles. The van der Waals surface area contributed by atoms with E-state index in [1.54, 1.807) is 7.11 Å². The normalized spacial score (nSPS) is 17.5. The number of piperidine rings is 1. The summed E-state index contributed by atoms with van der Waals surface area (Å²) >= 11 is 0. The molecule has 0 N–H and O–H groups in total. The predicted octanol–water partition coefficient (Wildman–Crippen LogP) is 2.70. The third-order valence-electron chi connectivity index (χ3n) is 4.49. The Balaban J connectivity index is 2.14. The van der Waals surface area contributed by atoms with Crippen LogP contribution in [0.5, 0.6) is 0 Å². The molecule has 1 aromatic rings. The highest BCUT2D eigenvalue weighted by molar-refractivity contribution is 5.39. The van der Waals surface area contributed by atoms with Crippen LogP contribution in [0.2, 0.25) is 0 Å². The molecule has 0 bridgehead atoms. The van der Waals surface area contributed by atoms with Gasteiger partial charge in [-0.3, -0.25) is 0 Å². The third-order valence-corrected chi connectivity index (χ3v) is 4.49. The molecule has 0 radical (unpaired) electrons. The van der Waals surface area contributed by atoms with Crippen LogP contribution in [0.15, 0.2) is 6.07 Å². The van der Waals surface area contributed by atoms with E-state index in [0.29, 0.717) is 6.61 Å². The van der Waals surface area contributed by atoms with Crippen molar-refractivity contribution < 1.29 is 4.74 Å². The molecule has 0 amide bonds. The van der Waals surface area contributed by atoms with Crippen molar-refractivity contribution in [3.63, 3.8) is 0 Å². The summed E-state index contributed by atoms with van der Waals surface area (Å²) in [5, 5.41) is 0.